The molecule has 0 bridgehead atoms. The second-order valence-corrected chi connectivity index (χ2v) is 9.73. The summed E-state index contributed by atoms with van der Waals surface area (Å²) in [4.78, 5) is 27.3. The number of hydrogen-bond donors (Lipinski definition) is 1. The summed E-state index contributed by atoms with van der Waals surface area (Å²) in [5.41, 5.74) is 0.416. The van der Waals surface area contributed by atoms with Gasteiger partial charge in [-0.25, -0.2) is 13.1 Å². The van der Waals surface area contributed by atoms with E-state index < -0.39 is 10.0 Å². The Hall–Kier alpha value is -1.81. The lowest BCUT2D eigenvalue weighted by Gasteiger charge is -2.35. The number of benzene rings is 1. The molecule has 0 radical (unpaired) electrons. The largest absolute Gasteiger partial charge is 0.380 e. The molecule has 3 aliphatic heterocycles. The van der Waals surface area contributed by atoms with Gasteiger partial charge in [-0.3, -0.25) is 19.4 Å². The van der Waals surface area contributed by atoms with Crippen molar-refractivity contribution in [1.29, 1.82) is 0 Å². The molecule has 3 heterocycles. The third-order valence-electron chi connectivity index (χ3n) is 6.09. The molecule has 8 nitrogen and oxygen atoms in total. The van der Waals surface area contributed by atoms with Crippen LogP contribution in [0.2, 0.25) is 0 Å². The Balaban J connectivity index is 1.31. The third-order valence-corrected chi connectivity index (χ3v) is 7.53. The van der Waals surface area contributed by atoms with Gasteiger partial charge in [-0.2, -0.15) is 0 Å². The Morgan fingerprint density at radius 1 is 1.00 bits per heavy atom. The Kier molecular flexibility index (Phi) is 6.00. The maximum atomic E-state index is 12.6. The second-order valence-electron chi connectivity index (χ2n) is 7.97. The van der Waals surface area contributed by atoms with E-state index in [9.17, 15) is 18.0 Å². The van der Waals surface area contributed by atoms with Crippen LogP contribution in [0.4, 0.5) is 5.69 Å². The highest BCUT2D eigenvalue weighted by Gasteiger charge is 2.31. The average molecular weight is 422 g/mol. The first-order valence-corrected chi connectivity index (χ1v) is 11.7. The molecule has 0 aromatic heterocycles. The first kappa shape index (κ1) is 20.5. The zero-order chi connectivity index (χ0) is 20.4. The van der Waals surface area contributed by atoms with E-state index in [-0.39, 0.29) is 29.6 Å². The van der Waals surface area contributed by atoms with Crippen LogP contribution < -0.4 is 9.62 Å². The molecule has 1 aromatic rings. The molecule has 158 valence electrons. The summed E-state index contributed by atoms with van der Waals surface area (Å²) in [5.74, 6) is -0.180. The molecule has 3 aliphatic rings. The number of anilines is 1. The Labute approximate surface area is 171 Å². The molecule has 1 atom stereocenters. The standard InChI is InChI=1S/C20H27N3O5S/c24-19-5-6-20(25)23(19)16-1-3-18(4-2-16)29(26,27)21-13-15-7-10-22(11-8-15)17-9-12-28-14-17/h1-4,15,17,21H,5-14H2. The third kappa shape index (κ3) is 4.53. The molecule has 4 rings (SSSR count). The molecule has 0 spiro atoms. The van der Waals surface area contributed by atoms with Gasteiger partial charge in [0.05, 0.1) is 17.2 Å². The van der Waals surface area contributed by atoms with Gasteiger partial charge in [-0.05, 0) is 62.5 Å². The number of sulfonamides is 1. The number of amides is 2. The summed E-state index contributed by atoms with van der Waals surface area (Å²) in [6.45, 7) is 4.02. The SMILES string of the molecule is O=C1CCC(=O)N1c1ccc(S(=O)(=O)NCC2CCN(C3CCOC3)CC2)cc1. The van der Waals surface area contributed by atoms with Crippen LogP contribution in [0.5, 0.6) is 0 Å². The highest BCUT2D eigenvalue weighted by atomic mass is 32.2. The zero-order valence-electron chi connectivity index (χ0n) is 16.4. The van der Waals surface area contributed by atoms with E-state index in [1.165, 1.54) is 24.3 Å². The van der Waals surface area contributed by atoms with Crippen LogP contribution in [-0.2, 0) is 24.3 Å². The van der Waals surface area contributed by atoms with Crippen LogP contribution in [0.3, 0.4) is 0 Å². The maximum Gasteiger partial charge on any atom is 0.240 e. The summed E-state index contributed by atoms with van der Waals surface area (Å²) in [6, 6.07) is 6.43. The number of rotatable bonds is 6. The number of carbonyl (C=O) groups is 2. The number of nitrogens with one attached hydrogen (secondary N) is 1. The van der Waals surface area contributed by atoms with Crippen LogP contribution in [-0.4, -0.2) is 64.0 Å². The van der Waals surface area contributed by atoms with Crippen LogP contribution in [0.1, 0.15) is 32.1 Å². The molecule has 2 amide bonds. The van der Waals surface area contributed by atoms with Crippen molar-refractivity contribution in [1.82, 2.24) is 9.62 Å². The number of hydrogen-bond acceptors (Lipinski definition) is 6. The molecule has 1 N–H and O–H groups in total. The van der Waals surface area contributed by atoms with Crippen molar-refractivity contribution >= 4 is 27.5 Å². The molecular weight excluding hydrogens is 394 g/mol. The van der Waals surface area contributed by atoms with Crippen LogP contribution in [0.15, 0.2) is 29.2 Å². The van der Waals surface area contributed by atoms with Gasteiger partial charge >= 0.3 is 0 Å². The van der Waals surface area contributed by atoms with Gasteiger partial charge in [0.1, 0.15) is 0 Å². The number of ether oxygens (including phenoxy) is 1. The van der Waals surface area contributed by atoms with Crippen molar-refractivity contribution in [3.63, 3.8) is 0 Å². The molecule has 3 saturated heterocycles. The highest BCUT2D eigenvalue weighted by molar-refractivity contribution is 7.89. The highest BCUT2D eigenvalue weighted by Crippen LogP contribution is 2.25. The van der Waals surface area contributed by atoms with Gasteiger partial charge in [0.2, 0.25) is 21.8 Å². The number of likely N-dealkylation sites (tertiary alicyclic amines) is 1. The summed E-state index contributed by atoms with van der Waals surface area (Å²) >= 11 is 0. The van der Waals surface area contributed by atoms with E-state index in [2.05, 4.69) is 9.62 Å². The predicted octanol–water partition coefficient (Wildman–Crippen LogP) is 1.12. The van der Waals surface area contributed by atoms with Gasteiger partial charge in [-0.1, -0.05) is 0 Å². The van der Waals surface area contributed by atoms with Gasteiger partial charge < -0.3 is 4.74 Å². The first-order valence-electron chi connectivity index (χ1n) is 10.2. The van der Waals surface area contributed by atoms with Crippen molar-refractivity contribution in [2.24, 2.45) is 5.92 Å². The fraction of sp³-hybridized carbons (Fsp3) is 0.600. The number of carbonyl (C=O) groups excluding carboxylic acids is 2. The second kappa shape index (κ2) is 8.51. The van der Waals surface area contributed by atoms with Gasteiger partial charge in [-0.15, -0.1) is 0 Å². The fourth-order valence-electron chi connectivity index (χ4n) is 4.28. The van der Waals surface area contributed by atoms with E-state index in [1.807, 2.05) is 0 Å². The van der Waals surface area contributed by atoms with E-state index in [4.69, 9.17) is 4.74 Å². The minimum atomic E-state index is -3.63. The van der Waals surface area contributed by atoms with Crippen molar-refractivity contribution < 1.29 is 22.7 Å². The molecule has 0 aliphatic carbocycles. The molecule has 1 unspecified atom stereocenters. The average Bonchev–Trinajstić information content (AvgIpc) is 3.37. The number of imide groups is 1. The molecule has 0 saturated carbocycles. The summed E-state index contributed by atoms with van der Waals surface area (Å²) < 4.78 is 33.4. The summed E-state index contributed by atoms with van der Waals surface area (Å²) in [5, 5.41) is 0. The molecule has 29 heavy (non-hydrogen) atoms. The smallest absolute Gasteiger partial charge is 0.240 e. The van der Waals surface area contributed by atoms with Crippen LogP contribution in [0, 0.1) is 5.92 Å². The van der Waals surface area contributed by atoms with Crippen LogP contribution >= 0.6 is 0 Å². The Morgan fingerprint density at radius 3 is 2.24 bits per heavy atom. The van der Waals surface area contributed by atoms with E-state index >= 15 is 0 Å². The topological polar surface area (TPSA) is 96.0 Å². The van der Waals surface area contributed by atoms with E-state index in [1.54, 1.807) is 0 Å². The quantitative estimate of drug-likeness (QED) is 0.692. The van der Waals surface area contributed by atoms with Gasteiger partial charge in [0.15, 0.2) is 0 Å². The predicted molar refractivity (Wildman–Crippen MR) is 107 cm³/mol. The van der Waals surface area contributed by atoms with E-state index in [0.29, 0.717) is 24.2 Å². The molecule has 1 aromatic carbocycles. The van der Waals surface area contributed by atoms with Crippen molar-refractivity contribution in [3.8, 4) is 0 Å². The molecule has 9 heteroatoms. The fourth-order valence-corrected chi connectivity index (χ4v) is 5.40. The first-order chi connectivity index (χ1) is 13.9. The lowest BCUT2D eigenvalue weighted by molar-refractivity contribution is -0.121. The maximum absolute atomic E-state index is 12.6. The van der Waals surface area contributed by atoms with Gasteiger partial charge in [0.25, 0.3) is 0 Å². The number of piperidine rings is 1. The summed E-state index contributed by atoms with van der Waals surface area (Å²) in [6.07, 6.45) is 3.43. The molecule has 3 fully saturated rings. The normalized spacial score (nSPS) is 24.6. The zero-order valence-corrected chi connectivity index (χ0v) is 17.2. The van der Waals surface area contributed by atoms with Gasteiger partial charge in [0, 0.05) is 32.0 Å². The van der Waals surface area contributed by atoms with Crippen molar-refractivity contribution in [3.05, 3.63) is 24.3 Å². The Bertz CT molecular complexity index is 841. The van der Waals surface area contributed by atoms with Crippen molar-refractivity contribution in [2.45, 2.75) is 43.0 Å². The minimum absolute atomic E-state index is 0.140. The lowest BCUT2D eigenvalue weighted by Crippen LogP contribution is -2.43. The molecular formula is C20H27N3O5S. The van der Waals surface area contributed by atoms with Crippen molar-refractivity contribution in [2.75, 3.05) is 37.7 Å². The minimum Gasteiger partial charge on any atom is -0.380 e. The summed E-state index contributed by atoms with van der Waals surface area (Å²) in [7, 11) is -3.63. The van der Waals surface area contributed by atoms with Crippen LogP contribution in [0.25, 0.3) is 0 Å². The Morgan fingerprint density at radius 2 is 1.66 bits per heavy atom. The van der Waals surface area contributed by atoms with E-state index in [0.717, 1.165) is 50.5 Å². The lowest BCUT2D eigenvalue weighted by atomic mass is 9.96. The monoisotopic (exact) mass is 421 g/mol. The number of nitrogens with zero attached hydrogens (tertiary/aromatic N) is 2.